The number of amides is 1. The average Bonchev–Trinajstić information content (AvgIpc) is 2.97. The first kappa shape index (κ1) is 26.1. The molecule has 1 N–H and O–H groups in total. The number of ether oxygens (including phenoxy) is 2. The molecular weight excluding hydrogens is 474 g/mol. The first-order valence-electron chi connectivity index (χ1n) is 12.2. The van der Waals surface area contributed by atoms with E-state index in [0.717, 1.165) is 28.2 Å². The van der Waals surface area contributed by atoms with Gasteiger partial charge >= 0.3 is 0 Å². The molecule has 0 radical (unpaired) electrons. The molecule has 0 saturated carbocycles. The van der Waals surface area contributed by atoms with Crippen LogP contribution in [-0.2, 0) is 11.2 Å². The van der Waals surface area contributed by atoms with E-state index in [1.807, 2.05) is 84.9 Å². The van der Waals surface area contributed by atoms with Gasteiger partial charge in [0, 0.05) is 23.6 Å². The van der Waals surface area contributed by atoms with Gasteiger partial charge < -0.3 is 19.7 Å². The van der Waals surface area contributed by atoms with E-state index in [4.69, 9.17) is 9.47 Å². The largest absolute Gasteiger partial charge is 0.493 e. The number of nitrogens with zero attached hydrogens (tertiary/aromatic N) is 2. The van der Waals surface area contributed by atoms with Crippen LogP contribution in [0.25, 0.3) is 6.08 Å². The van der Waals surface area contributed by atoms with Crippen molar-refractivity contribution in [2.24, 2.45) is 0 Å². The van der Waals surface area contributed by atoms with E-state index in [1.165, 1.54) is 0 Å². The van der Waals surface area contributed by atoms with Gasteiger partial charge in [-0.3, -0.25) is 4.79 Å². The van der Waals surface area contributed by atoms with Gasteiger partial charge in [0.25, 0.3) is 5.91 Å². The van der Waals surface area contributed by atoms with Gasteiger partial charge in [0.15, 0.2) is 11.5 Å². The number of carbonyl (C=O) groups is 1. The number of nitrogens with one attached hydrogen (secondary N) is 1. The van der Waals surface area contributed by atoms with Gasteiger partial charge in [0.05, 0.1) is 14.2 Å². The second-order valence-electron chi connectivity index (χ2n) is 8.46. The molecule has 0 unspecified atom stereocenters. The second kappa shape index (κ2) is 12.8. The molecule has 4 aromatic rings. The third kappa shape index (κ3) is 6.40. The number of hydrogen-bond donors (Lipinski definition) is 1. The summed E-state index contributed by atoms with van der Waals surface area (Å²) in [5.74, 6) is 0.874. The number of benzene rings is 4. The zero-order chi connectivity index (χ0) is 26.7. The minimum Gasteiger partial charge on any atom is -0.493 e. The maximum Gasteiger partial charge on any atom is 0.261 e. The maximum absolute atomic E-state index is 12.7. The number of para-hydroxylation sites is 2. The van der Waals surface area contributed by atoms with Gasteiger partial charge in [-0.2, -0.15) is 5.26 Å². The molecule has 0 fully saturated rings. The predicted molar refractivity (Wildman–Crippen MR) is 151 cm³/mol. The fourth-order valence-electron chi connectivity index (χ4n) is 4.09. The molecule has 0 heterocycles. The topological polar surface area (TPSA) is 74.6 Å². The Morgan fingerprint density at radius 2 is 1.39 bits per heavy atom. The molecule has 6 nitrogen and oxygen atoms in total. The van der Waals surface area contributed by atoms with E-state index in [0.29, 0.717) is 24.5 Å². The zero-order valence-corrected chi connectivity index (χ0v) is 21.4. The highest BCUT2D eigenvalue weighted by Crippen LogP contribution is 2.34. The molecule has 1 amide bonds. The highest BCUT2D eigenvalue weighted by atomic mass is 16.5. The van der Waals surface area contributed by atoms with E-state index < -0.39 is 5.91 Å². The summed E-state index contributed by atoms with van der Waals surface area (Å²) in [6.45, 7) is 0.384. The Bertz CT molecular complexity index is 1390. The molecule has 6 heteroatoms. The molecule has 0 bridgehead atoms. The smallest absolute Gasteiger partial charge is 0.261 e. The second-order valence-corrected chi connectivity index (χ2v) is 8.46. The average molecular weight is 504 g/mol. The van der Waals surface area contributed by atoms with Crippen LogP contribution >= 0.6 is 0 Å². The van der Waals surface area contributed by atoms with Crippen LogP contribution in [0.5, 0.6) is 11.5 Å². The first-order valence-corrected chi connectivity index (χ1v) is 12.2. The normalized spacial score (nSPS) is 10.8. The molecule has 0 spiro atoms. The van der Waals surface area contributed by atoms with Gasteiger partial charge in [-0.1, -0.05) is 54.6 Å². The third-order valence-electron chi connectivity index (χ3n) is 6.00. The van der Waals surface area contributed by atoms with E-state index >= 15 is 0 Å². The van der Waals surface area contributed by atoms with Crippen LogP contribution < -0.4 is 19.7 Å². The van der Waals surface area contributed by atoms with Crippen molar-refractivity contribution >= 4 is 29.0 Å². The molecule has 0 aromatic heterocycles. The third-order valence-corrected chi connectivity index (χ3v) is 6.00. The Hall–Kier alpha value is -5.02. The minimum atomic E-state index is -0.410. The van der Waals surface area contributed by atoms with E-state index in [2.05, 4.69) is 34.5 Å². The molecule has 0 aliphatic heterocycles. The van der Waals surface area contributed by atoms with Crippen LogP contribution in [0.1, 0.15) is 11.1 Å². The number of rotatable bonds is 10. The Balaban J connectivity index is 1.45. The number of methoxy groups -OCH3 is 2. The molecule has 4 rings (SSSR count). The van der Waals surface area contributed by atoms with Crippen molar-refractivity contribution in [3.63, 3.8) is 0 Å². The first-order chi connectivity index (χ1) is 18.6. The van der Waals surface area contributed by atoms with Gasteiger partial charge in [-0.15, -0.1) is 0 Å². The van der Waals surface area contributed by atoms with Crippen molar-refractivity contribution in [2.75, 3.05) is 25.7 Å². The standard InChI is InChI=1S/C32H29N3O3/c1-37-30-18-15-25(22-31(30)38-2)19-20-34-32(36)26(23-33)21-24-13-16-29(17-14-24)35(27-9-5-3-6-10-27)28-11-7-4-8-12-28/h3-18,21-22H,19-20H2,1-2H3,(H,34,36)/b26-21+. The quantitative estimate of drug-likeness (QED) is 0.199. The van der Waals surface area contributed by atoms with Gasteiger partial charge in [0.2, 0.25) is 0 Å². The molecule has 0 aliphatic rings. The summed E-state index contributed by atoms with van der Waals surface area (Å²) in [5.41, 5.74) is 4.84. The lowest BCUT2D eigenvalue weighted by Crippen LogP contribution is -2.26. The van der Waals surface area contributed by atoms with Crippen molar-refractivity contribution in [1.29, 1.82) is 5.26 Å². The molecule has 0 saturated heterocycles. The van der Waals surface area contributed by atoms with Crippen molar-refractivity contribution in [3.05, 3.63) is 120 Å². The summed E-state index contributed by atoms with van der Waals surface area (Å²) in [7, 11) is 3.17. The molecule has 38 heavy (non-hydrogen) atoms. The highest BCUT2D eigenvalue weighted by Gasteiger charge is 2.13. The Kier molecular flexibility index (Phi) is 8.77. The zero-order valence-electron chi connectivity index (χ0n) is 21.4. The summed E-state index contributed by atoms with van der Waals surface area (Å²) in [5, 5.41) is 12.5. The maximum atomic E-state index is 12.7. The summed E-state index contributed by atoms with van der Waals surface area (Å²) in [6, 6.07) is 35.7. The fraction of sp³-hybridized carbons (Fsp3) is 0.125. The molecule has 190 valence electrons. The summed E-state index contributed by atoms with van der Waals surface area (Å²) >= 11 is 0. The van der Waals surface area contributed by atoms with Crippen molar-refractivity contribution in [3.8, 4) is 17.6 Å². The molecular formula is C32H29N3O3. The Labute approximate surface area is 223 Å². The highest BCUT2D eigenvalue weighted by molar-refractivity contribution is 6.01. The van der Waals surface area contributed by atoms with Crippen LogP contribution in [0.3, 0.4) is 0 Å². The SMILES string of the molecule is COc1ccc(CCNC(=O)/C(C#N)=C/c2ccc(N(c3ccccc3)c3ccccc3)cc2)cc1OC. The number of anilines is 3. The molecule has 0 aliphatic carbocycles. The van der Waals surface area contributed by atoms with E-state index in [-0.39, 0.29) is 5.57 Å². The minimum absolute atomic E-state index is 0.0491. The van der Waals surface area contributed by atoms with Crippen molar-refractivity contribution in [1.82, 2.24) is 5.32 Å². The monoisotopic (exact) mass is 503 g/mol. The number of hydrogen-bond acceptors (Lipinski definition) is 5. The summed E-state index contributed by atoms with van der Waals surface area (Å²) in [6.07, 6.45) is 2.19. The lowest BCUT2D eigenvalue weighted by atomic mass is 10.1. The van der Waals surface area contributed by atoms with Crippen LogP contribution in [0.2, 0.25) is 0 Å². The number of nitriles is 1. The van der Waals surface area contributed by atoms with E-state index in [1.54, 1.807) is 20.3 Å². The Morgan fingerprint density at radius 3 is 1.95 bits per heavy atom. The van der Waals surface area contributed by atoms with Crippen LogP contribution in [-0.4, -0.2) is 26.7 Å². The lowest BCUT2D eigenvalue weighted by molar-refractivity contribution is -0.117. The summed E-state index contributed by atoms with van der Waals surface area (Å²) in [4.78, 5) is 14.8. The van der Waals surface area contributed by atoms with Gasteiger partial charge in [0.1, 0.15) is 11.6 Å². The van der Waals surface area contributed by atoms with Gasteiger partial charge in [-0.25, -0.2) is 0 Å². The number of carbonyl (C=O) groups excluding carboxylic acids is 1. The summed E-state index contributed by atoms with van der Waals surface area (Å²) < 4.78 is 10.6. The Morgan fingerprint density at radius 1 is 0.816 bits per heavy atom. The van der Waals surface area contributed by atoms with Crippen LogP contribution in [0, 0.1) is 11.3 Å². The van der Waals surface area contributed by atoms with Crippen LogP contribution in [0.4, 0.5) is 17.1 Å². The lowest BCUT2D eigenvalue weighted by Gasteiger charge is -2.25. The van der Waals surface area contributed by atoms with Crippen LogP contribution in [0.15, 0.2) is 109 Å². The molecule has 4 aromatic carbocycles. The van der Waals surface area contributed by atoms with Crippen molar-refractivity contribution in [2.45, 2.75) is 6.42 Å². The molecule has 0 atom stereocenters. The van der Waals surface area contributed by atoms with E-state index in [9.17, 15) is 10.1 Å². The van der Waals surface area contributed by atoms with Gasteiger partial charge in [-0.05, 0) is 72.2 Å². The predicted octanol–water partition coefficient (Wildman–Crippen LogP) is 6.44. The fourth-order valence-corrected chi connectivity index (χ4v) is 4.09. The van der Waals surface area contributed by atoms with Crippen molar-refractivity contribution < 1.29 is 14.3 Å².